The summed E-state index contributed by atoms with van der Waals surface area (Å²) in [5.41, 5.74) is 0. The fraction of sp³-hybridized carbons (Fsp3) is 0.800. The van der Waals surface area contributed by atoms with Gasteiger partial charge in [0.2, 0.25) is 0 Å². The summed E-state index contributed by atoms with van der Waals surface area (Å²) >= 11 is 0. The summed E-state index contributed by atoms with van der Waals surface area (Å²) in [6.45, 7) is 0. The summed E-state index contributed by atoms with van der Waals surface area (Å²) in [5, 5.41) is 17.4. The molecule has 2 atom stereocenters. The number of hydrogen-bond donors (Lipinski definition) is 2. The van der Waals surface area contributed by atoms with E-state index in [0.29, 0.717) is 12.8 Å². The molecule has 2 N–H and O–H groups in total. The summed E-state index contributed by atoms with van der Waals surface area (Å²) in [6, 6.07) is -0.713. The molecule has 0 aromatic rings. The average molecular weight is 141 g/mol. The third-order valence-corrected chi connectivity index (χ3v) is 1.69. The van der Waals surface area contributed by atoms with E-state index in [1.165, 1.54) is 0 Å². The van der Waals surface area contributed by atoms with Gasteiger partial charge in [-0.15, -0.1) is 0 Å². The van der Waals surface area contributed by atoms with Gasteiger partial charge in [-0.25, -0.2) is 0 Å². The highest BCUT2D eigenvalue weighted by Gasteiger charge is 2.32. The molecule has 4 nitrogen and oxygen atoms in total. The van der Waals surface area contributed by atoms with Gasteiger partial charge in [0, 0.05) is 0 Å². The predicted molar refractivity (Wildman–Crippen MR) is 34.3 cm³/mol. The second-order valence-electron chi connectivity index (χ2n) is 2.36. The average Bonchev–Trinajstić information content (AvgIpc) is 2.14. The van der Waals surface area contributed by atoms with Crippen LogP contribution in [0.25, 0.3) is 0 Å². The van der Waals surface area contributed by atoms with Crippen LogP contribution in [0.1, 0.15) is 12.8 Å². The summed E-state index contributed by atoms with van der Waals surface area (Å²) in [4.78, 5) is 11.3. The van der Waals surface area contributed by atoms with Gasteiger partial charge in [0.25, 0.3) is 0 Å². The van der Waals surface area contributed by atoms with E-state index in [1.54, 1.807) is 0 Å². The first-order valence-corrected chi connectivity index (χ1v) is 3.07. The van der Waals surface area contributed by atoms with E-state index in [0.717, 1.165) is 4.81 Å². The third-order valence-electron chi connectivity index (χ3n) is 1.69. The van der Waals surface area contributed by atoms with Crippen molar-refractivity contribution in [2.45, 2.75) is 25.1 Å². The van der Waals surface area contributed by atoms with E-state index < -0.39 is 18.2 Å². The molecule has 1 heterocycles. The molecule has 1 aliphatic rings. The number of carboxylic acids is 1. The Balaban J connectivity index is 2.57. The Morgan fingerprint density at radius 3 is 2.40 bits per heavy atom. The van der Waals surface area contributed by atoms with Crippen molar-refractivity contribution >= 4 is 14.0 Å². The zero-order valence-corrected chi connectivity index (χ0v) is 5.40. The fourth-order valence-electron chi connectivity index (χ4n) is 1.06. The lowest BCUT2D eigenvalue weighted by Crippen LogP contribution is -2.38. The van der Waals surface area contributed by atoms with E-state index in [2.05, 4.69) is 0 Å². The standard InChI is InChI=1S/C5H8BNO3/c6-7-3(5(9)10)1-2-4(7)8/h3-4,8H,1-2H2,(H,9,10). The van der Waals surface area contributed by atoms with Crippen LogP contribution in [0.4, 0.5) is 0 Å². The molecule has 5 heteroatoms. The van der Waals surface area contributed by atoms with E-state index >= 15 is 0 Å². The molecule has 2 radical (unpaired) electrons. The maximum Gasteiger partial charge on any atom is 0.319 e. The molecule has 0 amide bonds. The van der Waals surface area contributed by atoms with Gasteiger partial charge >= 0.3 is 5.97 Å². The van der Waals surface area contributed by atoms with Crippen LogP contribution in [0.3, 0.4) is 0 Å². The molecule has 2 unspecified atom stereocenters. The monoisotopic (exact) mass is 141 g/mol. The Labute approximate surface area is 59.9 Å². The number of carboxylic acid groups (broad SMARTS) is 1. The molecule has 0 saturated carbocycles. The van der Waals surface area contributed by atoms with Crippen molar-refractivity contribution in [2.75, 3.05) is 0 Å². The molecule has 10 heavy (non-hydrogen) atoms. The lowest BCUT2D eigenvalue weighted by molar-refractivity contribution is -0.141. The van der Waals surface area contributed by atoms with Gasteiger partial charge in [-0.05, 0) is 12.8 Å². The second kappa shape index (κ2) is 2.60. The highest BCUT2D eigenvalue weighted by atomic mass is 16.4. The molecule has 54 valence electrons. The summed E-state index contributed by atoms with van der Waals surface area (Å²) in [6.07, 6.45) is 0.0709. The minimum Gasteiger partial charge on any atom is -0.480 e. The van der Waals surface area contributed by atoms with Gasteiger partial charge < -0.3 is 15.0 Å². The Morgan fingerprint density at radius 1 is 1.60 bits per heavy atom. The maximum absolute atomic E-state index is 10.3. The molecule has 0 spiro atoms. The van der Waals surface area contributed by atoms with Crippen molar-refractivity contribution in [3.63, 3.8) is 0 Å². The van der Waals surface area contributed by atoms with Crippen LogP contribution < -0.4 is 0 Å². The number of aliphatic hydroxyl groups excluding tert-OH is 1. The minimum atomic E-state index is -0.973. The Morgan fingerprint density at radius 2 is 2.20 bits per heavy atom. The molecule has 1 fully saturated rings. The van der Waals surface area contributed by atoms with Crippen molar-refractivity contribution < 1.29 is 15.0 Å². The molecular weight excluding hydrogens is 133 g/mol. The van der Waals surface area contributed by atoms with Gasteiger partial charge in [0.05, 0.1) is 12.3 Å². The molecule has 0 aliphatic carbocycles. The topological polar surface area (TPSA) is 60.8 Å². The first kappa shape index (κ1) is 7.56. The van der Waals surface area contributed by atoms with E-state index in [1.807, 2.05) is 0 Å². The van der Waals surface area contributed by atoms with Crippen LogP contribution in [-0.4, -0.2) is 41.2 Å². The molecule has 0 aromatic carbocycles. The molecular formula is C5H8BNO3. The van der Waals surface area contributed by atoms with Crippen molar-refractivity contribution in [3.05, 3.63) is 0 Å². The number of hydrogen-bond acceptors (Lipinski definition) is 3. The lowest BCUT2D eigenvalue weighted by Gasteiger charge is -2.18. The third kappa shape index (κ3) is 1.15. The minimum absolute atomic E-state index is 0.424. The maximum atomic E-state index is 10.3. The molecule has 1 aliphatic heterocycles. The largest absolute Gasteiger partial charge is 0.480 e. The van der Waals surface area contributed by atoms with E-state index in [9.17, 15) is 4.79 Å². The Bertz CT molecular complexity index is 152. The van der Waals surface area contributed by atoms with Gasteiger partial charge in [-0.3, -0.25) is 4.79 Å². The Kier molecular flexibility index (Phi) is 1.96. The Hall–Kier alpha value is -0.545. The van der Waals surface area contributed by atoms with Crippen molar-refractivity contribution in [1.82, 2.24) is 4.81 Å². The zero-order valence-electron chi connectivity index (χ0n) is 5.40. The quantitative estimate of drug-likeness (QED) is 0.456. The fourth-order valence-corrected chi connectivity index (χ4v) is 1.06. The van der Waals surface area contributed by atoms with Crippen LogP contribution in [0.15, 0.2) is 0 Å². The summed E-state index contributed by atoms with van der Waals surface area (Å²) in [5.74, 6) is -0.973. The lowest BCUT2D eigenvalue weighted by atomic mass is 10.2. The summed E-state index contributed by atoms with van der Waals surface area (Å²) in [7, 11) is 5.23. The first-order chi connectivity index (χ1) is 4.63. The number of nitrogens with zero attached hydrogens (tertiary/aromatic N) is 1. The van der Waals surface area contributed by atoms with Gasteiger partial charge in [-0.2, -0.15) is 0 Å². The highest BCUT2D eigenvalue weighted by molar-refractivity contribution is 6.06. The molecule has 0 bridgehead atoms. The zero-order chi connectivity index (χ0) is 7.72. The number of aliphatic carboxylic acids is 1. The van der Waals surface area contributed by atoms with Crippen LogP contribution in [0, 0.1) is 0 Å². The molecule has 0 aromatic heterocycles. The predicted octanol–water partition coefficient (Wildman–Crippen LogP) is -1.06. The first-order valence-electron chi connectivity index (χ1n) is 3.07. The second-order valence-corrected chi connectivity index (χ2v) is 2.36. The molecule has 1 rings (SSSR count). The van der Waals surface area contributed by atoms with Crippen LogP contribution in [0.2, 0.25) is 0 Å². The van der Waals surface area contributed by atoms with Gasteiger partial charge in [0.1, 0.15) is 0 Å². The summed E-state index contributed by atoms with van der Waals surface area (Å²) < 4.78 is 0. The smallest absolute Gasteiger partial charge is 0.319 e. The SMILES string of the molecule is [B]N1C(O)CCC1C(=O)O. The van der Waals surface area contributed by atoms with E-state index in [-0.39, 0.29) is 0 Å². The number of aliphatic hydroxyl groups is 1. The number of carbonyl (C=O) groups is 1. The van der Waals surface area contributed by atoms with E-state index in [4.69, 9.17) is 18.2 Å². The van der Waals surface area contributed by atoms with Gasteiger partial charge in [0.15, 0.2) is 7.98 Å². The van der Waals surface area contributed by atoms with Crippen molar-refractivity contribution in [3.8, 4) is 0 Å². The van der Waals surface area contributed by atoms with Crippen LogP contribution in [0.5, 0.6) is 0 Å². The van der Waals surface area contributed by atoms with Gasteiger partial charge in [-0.1, -0.05) is 0 Å². The van der Waals surface area contributed by atoms with Crippen molar-refractivity contribution in [1.29, 1.82) is 0 Å². The number of rotatable bonds is 1. The normalized spacial score (nSPS) is 34.5. The highest BCUT2D eigenvalue weighted by Crippen LogP contribution is 2.19. The van der Waals surface area contributed by atoms with Crippen LogP contribution in [-0.2, 0) is 4.79 Å². The molecule has 1 saturated heterocycles. The van der Waals surface area contributed by atoms with Crippen LogP contribution >= 0.6 is 0 Å². The van der Waals surface area contributed by atoms with Crippen molar-refractivity contribution in [2.24, 2.45) is 0 Å².